The molecule has 0 bridgehead atoms. The van der Waals surface area contributed by atoms with E-state index in [1.54, 1.807) is 18.2 Å². The minimum atomic E-state index is -0.575. The number of nitrogens with zero attached hydrogens (tertiary/aromatic N) is 3. The summed E-state index contributed by atoms with van der Waals surface area (Å²) in [5.41, 5.74) is 4.74. The highest BCUT2D eigenvalue weighted by atomic mass is 16.3. The molecular formula is C49H31N3O. The first-order valence-electron chi connectivity index (χ1n) is 21.9. The Morgan fingerprint density at radius 3 is 1.70 bits per heavy atom. The van der Waals surface area contributed by atoms with Crippen molar-refractivity contribution < 1.29 is 18.1 Å². The number of hydrogen-bond acceptors (Lipinski definition) is 4. The third-order valence-corrected chi connectivity index (χ3v) is 9.28. The predicted octanol–water partition coefficient (Wildman–Crippen LogP) is 12.9. The SMILES string of the molecule is [2H]c1c([2H])c([2H])c(-c2cc(-c3c([2H])c([2H])c([2H])c([2H])c3[2H])c3oc4cc(-c5nc(-c6ccccc6)nc(-c6ccc(-c7ccc8ccccc8c7)cc6)n5)ccc4c3c2)c([2H])c1[2H]. The molecule has 0 unspecified atom stereocenters. The van der Waals surface area contributed by atoms with Crippen LogP contribution in [-0.2, 0) is 0 Å². The summed E-state index contributed by atoms with van der Waals surface area (Å²) in [6.45, 7) is 0. The van der Waals surface area contributed by atoms with Gasteiger partial charge in [-0.3, -0.25) is 0 Å². The summed E-state index contributed by atoms with van der Waals surface area (Å²) in [6, 6.07) is 35.4. The molecule has 53 heavy (non-hydrogen) atoms. The van der Waals surface area contributed by atoms with Gasteiger partial charge in [0.05, 0.1) is 13.7 Å². The fourth-order valence-corrected chi connectivity index (χ4v) is 6.66. The van der Waals surface area contributed by atoms with E-state index in [0.717, 1.165) is 33.0 Å². The van der Waals surface area contributed by atoms with E-state index in [1.807, 2.05) is 72.8 Å². The van der Waals surface area contributed by atoms with Crippen LogP contribution in [0, 0.1) is 0 Å². The lowest BCUT2D eigenvalue weighted by molar-refractivity contribution is 0.670. The summed E-state index contributed by atoms with van der Waals surface area (Å²) in [7, 11) is 0. The van der Waals surface area contributed by atoms with Gasteiger partial charge in [-0.05, 0) is 68.9 Å². The average Bonchev–Trinajstić information content (AvgIpc) is 3.69. The zero-order valence-electron chi connectivity index (χ0n) is 37.9. The van der Waals surface area contributed by atoms with Gasteiger partial charge in [0.1, 0.15) is 11.2 Å². The fraction of sp³-hybridized carbons (Fsp3) is 0. The molecule has 0 aliphatic carbocycles. The standard InChI is InChI=1S/C49H31N3O/c1-4-12-32(13-5-1)41-29-43(35-15-6-2-7-16-35)46-44(30-41)42-27-26-40(31-45(42)53-46)49-51-47(36-17-8-3-9-18-36)50-48(52-49)37-23-20-34(21-24-37)39-25-22-33-14-10-11-19-38(33)28-39/h1-31H/i1D,2D,4D,5D,6D,7D,12D,13D,15D,16D. The summed E-state index contributed by atoms with van der Waals surface area (Å²) in [5.74, 6) is 1.25. The first kappa shape index (κ1) is 21.9. The molecule has 0 atom stereocenters. The van der Waals surface area contributed by atoms with Crippen molar-refractivity contribution in [2.45, 2.75) is 0 Å². The maximum atomic E-state index is 8.86. The van der Waals surface area contributed by atoms with Gasteiger partial charge in [-0.2, -0.15) is 0 Å². The summed E-state index contributed by atoms with van der Waals surface area (Å²) in [6.07, 6.45) is 0. The van der Waals surface area contributed by atoms with E-state index in [9.17, 15) is 0 Å². The van der Waals surface area contributed by atoms with E-state index >= 15 is 0 Å². The molecule has 0 spiro atoms. The Hall–Kier alpha value is -7.17. The molecule has 0 fully saturated rings. The van der Waals surface area contributed by atoms with Crippen LogP contribution in [0.2, 0.25) is 0 Å². The number of rotatable bonds is 6. The minimum Gasteiger partial charge on any atom is -0.455 e. The van der Waals surface area contributed by atoms with Crippen LogP contribution in [-0.4, -0.2) is 15.0 Å². The van der Waals surface area contributed by atoms with Crippen LogP contribution in [0.15, 0.2) is 192 Å². The third-order valence-electron chi connectivity index (χ3n) is 9.28. The Morgan fingerprint density at radius 1 is 0.377 bits per heavy atom. The molecule has 2 aromatic heterocycles. The minimum absolute atomic E-state index is 0.0880. The van der Waals surface area contributed by atoms with Gasteiger partial charge < -0.3 is 4.42 Å². The first-order valence-corrected chi connectivity index (χ1v) is 16.9. The van der Waals surface area contributed by atoms with Gasteiger partial charge >= 0.3 is 0 Å². The highest BCUT2D eigenvalue weighted by Gasteiger charge is 2.18. The van der Waals surface area contributed by atoms with Crippen molar-refractivity contribution in [3.05, 3.63) is 188 Å². The van der Waals surface area contributed by atoms with Crippen molar-refractivity contribution in [1.29, 1.82) is 0 Å². The second-order valence-electron chi connectivity index (χ2n) is 12.5. The Labute approximate surface area is 320 Å². The highest BCUT2D eigenvalue weighted by molar-refractivity contribution is 6.12. The maximum Gasteiger partial charge on any atom is 0.164 e. The smallest absolute Gasteiger partial charge is 0.164 e. The predicted molar refractivity (Wildman–Crippen MR) is 217 cm³/mol. The molecule has 0 saturated heterocycles. The maximum absolute atomic E-state index is 8.86. The molecule has 0 N–H and O–H groups in total. The lowest BCUT2D eigenvalue weighted by Crippen LogP contribution is -2.00. The van der Waals surface area contributed by atoms with Crippen molar-refractivity contribution in [2.24, 2.45) is 0 Å². The van der Waals surface area contributed by atoms with Crippen LogP contribution in [0.3, 0.4) is 0 Å². The highest BCUT2D eigenvalue weighted by Crippen LogP contribution is 2.40. The summed E-state index contributed by atoms with van der Waals surface area (Å²) < 4.78 is 91.7. The lowest BCUT2D eigenvalue weighted by atomic mass is 9.95. The molecule has 2 heterocycles. The monoisotopic (exact) mass is 687 g/mol. The molecule has 0 radical (unpaired) electrons. The van der Waals surface area contributed by atoms with Crippen LogP contribution in [0.25, 0.3) is 100 Å². The molecule has 10 rings (SSSR count). The molecule has 10 aromatic rings. The number of furan rings is 1. The van der Waals surface area contributed by atoms with E-state index < -0.39 is 60.4 Å². The fourth-order valence-electron chi connectivity index (χ4n) is 6.66. The van der Waals surface area contributed by atoms with Crippen molar-refractivity contribution in [2.75, 3.05) is 0 Å². The van der Waals surface area contributed by atoms with Crippen LogP contribution in [0.4, 0.5) is 0 Å². The van der Waals surface area contributed by atoms with Crippen LogP contribution < -0.4 is 0 Å². The largest absolute Gasteiger partial charge is 0.455 e. The molecular weight excluding hydrogens is 647 g/mol. The van der Waals surface area contributed by atoms with Gasteiger partial charge in [0.15, 0.2) is 17.5 Å². The van der Waals surface area contributed by atoms with Gasteiger partial charge in [0.25, 0.3) is 0 Å². The quantitative estimate of drug-likeness (QED) is 0.175. The topological polar surface area (TPSA) is 51.8 Å². The summed E-state index contributed by atoms with van der Waals surface area (Å²) in [5, 5.41) is 3.29. The van der Waals surface area contributed by atoms with Crippen LogP contribution in [0.5, 0.6) is 0 Å². The van der Waals surface area contributed by atoms with E-state index in [0.29, 0.717) is 39.4 Å². The number of benzene rings is 8. The number of hydrogen-bond donors (Lipinski definition) is 0. The molecule has 4 nitrogen and oxygen atoms in total. The van der Waals surface area contributed by atoms with E-state index in [-0.39, 0.29) is 27.8 Å². The zero-order chi connectivity index (χ0) is 43.8. The Balaban J connectivity index is 1.15. The molecule has 0 aliphatic heterocycles. The Bertz CT molecular complexity index is 3460. The van der Waals surface area contributed by atoms with Crippen molar-refractivity contribution >= 4 is 32.7 Å². The van der Waals surface area contributed by atoms with Crippen molar-refractivity contribution in [1.82, 2.24) is 15.0 Å². The Kier molecular flexibility index (Phi) is 5.32. The second kappa shape index (κ2) is 12.9. The summed E-state index contributed by atoms with van der Waals surface area (Å²) in [4.78, 5) is 14.8. The van der Waals surface area contributed by atoms with E-state index in [1.165, 1.54) is 6.07 Å². The molecule has 4 heteroatoms. The zero-order valence-corrected chi connectivity index (χ0v) is 27.9. The Morgan fingerprint density at radius 2 is 0.962 bits per heavy atom. The van der Waals surface area contributed by atoms with Crippen molar-refractivity contribution in [3.8, 4) is 67.5 Å². The number of fused-ring (bicyclic) bond motifs is 4. The molecule has 0 amide bonds. The second-order valence-corrected chi connectivity index (χ2v) is 12.5. The van der Waals surface area contributed by atoms with Crippen LogP contribution in [0.1, 0.15) is 13.7 Å². The first-order chi connectivity index (χ1) is 30.4. The summed E-state index contributed by atoms with van der Waals surface area (Å²) >= 11 is 0. The molecule has 8 aromatic carbocycles. The molecule has 248 valence electrons. The third kappa shape index (κ3) is 5.73. The van der Waals surface area contributed by atoms with Gasteiger partial charge in [0, 0.05) is 33.0 Å². The van der Waals surface area contributed by atoms with E-state index in [4.69, 9.17) is 33.1 Å². The van der Waals surface area contributed by atoms with Gasteiger partial charge in [-0.15, -0.1) is 0 Å². The molecule has 0 aliphatic rings. The lowest BCUT2D eigenvalue weighted by Gasteiger charge is -2.09. The van der Waals surface area contributed by atoms with Gasteiger partial charge in [-0.1, -0.05) is 157 Å². The van der Waals surface area contributed by atoms with Crippen molar-refractivity contribution in [3.63, 3.8) is 0 Å². The van der Waals surface area contributed by atoms with E-state index in [2.05, 4.69) is 30.3 Å². The normalized spacial score (nSPS) is 14.0. The average molecular weight is 688 g/mol. The van der Waals surface area contributed by atoms with Crippen LogP contribution >= 0.6 is 0 Å². The van der Waals surface area contributed by atoms with Gasteiger partial charge in [0.2, 0.25) is 0 Å². The molecule has 0 saturated carbocycles. The van der Waals surface area contributed by atoms with Gasteiger partial charge in [-0.25, -0.2) is 15.0 Å². The number of aromatic nitrogens is 3.